The van der Waals surface area contributed by atoms with Gasteiger partial charge >= 0.3 is 0 Å². The van der Waals surface area contributed by atoms with Crippen LogP contribution in [0.3, 0.4) is 0 Å². The van der Waals surface area contributed by atoms with Gasteiger partial charge in [0.25, 0.3) is 0 Å². The molecule has 0 fully saturated rings. The molecule has 0 spiro atoms. The lowest BCUT2D eigenvalue weighted by molar-refractivity contribution is 0.192. The van der Waals surface area contributed by atoms with Crippen molar-refractivity contribution in [2.45, 2.75) is 33.2 Å². The van der Waals surface area contributed by atoms with Crippen LogP contribution < -0.4 is 5.32 Å². The van der Waals surface area contributed by atoms with E-state index >= 15 is 0 Å². The van der Waals surface area contributed by atoms with E-state index in [9.17, 15) is 0 Å². The highest BCUT2D eigenvalue weighted by Gasteiger charge is 2.15. The van der Waals surface area contributed by atoms with Crippen molar-refractivity contribution < 1.29 is 5.11 Å². The first kappa shape index (κ1) is 13.9. The maximum absolute atomic E-state index is 8.85. The molecule has 0 heterocycles. The average molecular weight is 202 g/mol. The Morgan fingerprint density at radius 3 is 2.29 bits per heavy atom. The molecule has 1 unspecified atom stereocenters. The highest BCUT2D eigenvalue weighted by molar-refractivity contribution is 4.72. The van der Waals surface area contributed by atoms with E-state index in [0.29, 0.717) is 11.5 Å². The van der Waals surface area contributed by atoms with Crippen LogP contribution in [0, 0.1) is 5.41 Å². The SMILES string of the molecule is CNC(CCO)CN(C)CC(C)(C)C. The standard InChI is InChI=1S/C11H26N2O/c1-11(2,3)9-13(5)8-10(12-4)6-7-14/h10,12,14H,6-9H2,1-5H3. The van der Waals surface area contributed by atoms with Crippen LogP contribution >= 0.6 is 0 Å². The fourth-order valence-electron chi connectivity index (χ4n) is 1.73. The Balaban J connectivity index is 3.84. The fraction of sp³-hybridized carbons (Fsp3) is 1.00. The maximum atomic E-state index is 8.85. The second-order valence-electron chi connectivity index (χ2n) is 5.26. The van der Waals surface area contributed by atoms with Gasteiger partial charge in [0.05, 0.1) is 0 Å². The Labute approximate surface area is 88.5 Å². The predicted molar refractivity (Wildman–Crippen MR) is 61.5 cm³/mol. The van der Waals surface area contributed by atoms with Crippen LogP contribution in [-0.2, 0) is 0 Å². The predicted octanol–water partition coefficient (Wildman–Crippen LogP) is 0.935. The number of rotatable bonds is 6. The number of hydrogen-bond acceptors (Lipinski definition) is 3. The number of likely N-dealkylation sites (N-methyl/N-ethyl adjacent to an activating group) is 2. The van der Waals surface area contributed by atoms with Crippen LogP contribution in [-0.4, -0.2) is 49.8 Å². The van der Waals surface area contributed by atoms with Gasteiger partial charge in [0.15, 0.2) is 0 Å². The molecule has 3 heteroatoms. The molecular weight excluding hydrogens is 176 g/mol. The highest BCUT2D eigenvalue weighted by atomic mass is 16.3. The molecule has 1 atom stereocenters. The van der Waals surface area contributed by atoms with Crippen LogP contribution in [0.4, 0.5) is 0 Å². The Hall–Kier alpha value is -0.120. The van der Waals surface area contributed by atoms with E-state index in [-0.39, 0.29) is 6.61 Å². The summed E-state index contributed by atoms with van der Waals surface area (Å²) in [6.07, 6.45) is 0.824. The summed E-state index contributed by atoms with van der Waals surface area (Å²) in [5.41, 5.74) is 0.340. The summed E-state index contributed by atoms with van der Waals surface area (Å²) in [7, 11) is 4.08. The molecule has 0 aliphatic carbocycles. The monoisotopic (exact) mass is 202 g/mol. The van der Waals surface area contributed by atoms with E-state index in [1.165, 1.54) is 0 Å². The van der Waals surface area contributed by atoms with Crippen molar-refractivity contribution in [1.82, 2.24) is 10.2 Å². The maximum Gasteiger partial charge on any atom is 0.0446 e. The quantitative estimate of drug-likeness (QED) is 0.673. The minimum atomic E-state index is 0.259. The van der Waals surface area contributed by atoms with Gasteiger partial charge in [0.1, 0.15) is 0 Å². The van der Waals surface area contributed by atoms with Crippen LogP contribution in [0.2, 0.25) is 0 Å². The van der Waals surface area contributed by atoms with Crippen molar-refractivity contribution in [1.29, 1.82) is 0 Å². The molecule has 2 N–H and O–H groups in total. The summed E-state index contributed by atoms with van der Waals surface area (Å²) in [5, 5.41) is 12.1. The summed E-state index contributed by atoms with van der Waals surface area (Å²) in [6, 6.07) is 0.396. The molecule has 0 aromatic heterocycles. The number of hydrogen-bond donors (Lipinski definition) is 2. The molecule has 0 saturated carbocycles. The van der Waals surface area contributed by atoms with E-state index in [1.54, 1.807) is 0 Å². The lowest BCUT2D eigenvalue weighted by atomic mass is 9.96. The normalized spacial score (nSPS) is 14.8. The van der Waals surface area contributed by atoms with E-state index < -0.39 is 0 Å². The molecule has 0 aromatic rings. The average Bonchev–Trinajstić information content (AvgIpc) is 2.00. The number of aliphatic hydroxyl groups is 1. The Morgan fingerprint density at radius 2 is 1.93 bits per heavy atom. The van der Waals surface area contributed by atoms with Gasteiger partial charge in [-0.05, 0) is 25.9 Å². The Kier molecular flexibility index (Phi) is 6.33. The molecular formula is C11H26N2O. The van der Waals surface area contributed by atoms with E-state index in [4.69, 9.17) is 5.11 Å². The minimum absolute atomic E-state index is 0.259. The van der Waals surface area contributed by atoms with Crippen LogP contribution in [0.1, 0.15) is 27.2 Å². The molecule has 0 amide bonds. The summed E-state index contributed by atoms with van der Waals surface area (Å²) >= 11 is 0. The third-order valence-corrected chi connectivity index (χ3v) is 2.16. The smallest absolute Gasteiger partial charge is 0.0446 e. The number of nitrogens with one attached hydrogen (secondary N) is 1. The van der Waals surface area contributed by atoms with Gasteiger partial charge in [-0.25, -0.2) is 0 Å². The van der Waals surface area contributed by atoms with E-state index in [2.05, 4.69) is 38.0 Å². The Morgan fingerprint density at radius 1 is 1.36 bits per heavy atom. The third-order valence-electron chi connectivity index (χ3n) is 2.16. The molecule has 0 aliphatic rings. The first-order valence-electron chi connectivity index (χ1n) is 5.35. The molecule has 14 heavy (non-hydrogen) atoms. The Bertz CT molecular complexity index is 143. The zero-order valence-corrected chi connectivity index (χ0v) is 10.3. The molecule has 0 aliphatic heterocycles. The molecule has 3 nitrogen and oxygen atoms in total. The van der Waals surface area contributed by atoms with Gasteiger partial charge in [-0.1, -0.05) is 20.8 Å². The topological polar surface area (TPSA) is 35.5 Å². The molecule has 0 bridgehead atoms. The van der Waals surface area contributed by atoms with Crippen molar-refractivity contribution >= 4 is 0 Å². The summed E-state index contributed by atoms with van der Waals surface area (Å²) in [6.45, 7) is 9.05. The second kappa shape index (κ2) is 6.38. The van der Waals surface area contributed by atoms with Crippen molar-refractivity contribution in [3.05, 3.63) is 0 Å². The first-order valence-corrected chi connectivity index (χ1v) is 5.35. The van der Waals surface area contributed by atoms with Gasteiger partial charge in [-0.2, -0.15) is 0 Å². The van der Waals surface area contributed by atoms with Crippen molar-refractivity contribution in [2.24, 2.45) is 5.41 Å². The number of aliphatic hydroxyl groups excluding tert-OH is 1. The van der Waals surface area contributed by atoms with E-state index in [1.807, 2.05) is 7.05 Å². The zero-order valence-electron chi connectivity index (χ0n) is 10.3. The number of nitrogens with zero attached hydrogens (tertiary/aromatic N) is 1. The van der Waals surface area contributed by atoms with Crippen molar-refractivity contribution in [2.75, 3.05) is 33.8 Å². The lowest BCUT2D eigenvalue weighted by Crippen LogP contribution is -2.41. The first-order chi connectivity index (χ1) is 6.39. The molecule has 0 rings (SSSR count). The fourth-order valence-corrected chi connectivity index (χ4v) is 1.73. The zero-order chi connectivity index (χ0) is 11.2. The van der Waals surface area contributed by atoms with Gasteiger partial charge in [-0.3, -0.25) is 0 Å². The van der Waals surface area contributed by atoms with Crippen LogP contribution in [0.5, 0.6) is 0 Å². The summed E-state index contributed by atoms with van der Waals surface area (Å²) in [5.74, 6) is 0. The van der Waals surface area contributed by atoms with E-state index in [0.717, 1.165) is 19.5 Å². The molecule has 86 valence electrons. The summed E-state index contributed by atoms with van der Waals surface area (Å²) < 4.78 is 0. The lowest BCUT2D eigenvalue weighted by Gasteiger charge is -2.29. The highest BCUT2D eigenvalue weighted by Crippen LogP contribution is 2.14. The molecule has 0 radical (unpaired) electrons. The summed E-state index contributed by atoms with van der Waals surface area (Å²) in [4.78, 5) is 2.32. The van der Waals surface area contributed by atoms with Crippen LogP contribution in [0.15, 0.2) is 0 Å². The van der Waals surface area contributed by atoms with Crippen LogP contribution in [0.25, 0.3) is 0 Å². The van der Waals surface area contributed by atoms with Crippen molar-refractivity contribution in [3.63, 3.8) is 0 Å². The van der Waals surface area contributed by atoms with Crippen molar-refractivity contribution in [3.8, 4) is 0 Å². The van der Waals surface area contributed by atoms with Gasteiger partial charge in [0, 0.05) is 25.7 Å². The molecule has 0 saturated heterocycles. The molecule has 0 aromatic carbocycles. The van der Waals surface area contributed by atoms with Gasteiger partial charge in [0.2, 0.25) is 0 Å². The van der Waals surface area contributed by atoms with Gasteiger partial charge in [-0.15, -0.1) is 0 Å². The second-order valence-corrected chi connectivity index (χ2v) is 5.26. The third kappa shape index (κ3) is 7.30. The minimum Gasteiger partial charge on any atom is -0.396 e. The van der Waals surface area contributed by atoms with Gasteiger partial charge < -0.3 is 15.3 Å². The largest absolute Gasteiger partial charge is 0.396 e.